The number of carboxylic acids is 1. The summed E-state index contributed by atoms with van der Waals surface area (Å²) in [5, 5.41) is 19.4. The van der Waals surface area contributed by atoms with Crippen LogP contribution >= 0.6 is 0 Å². The summed E-state index contributed by atoms with van der Waals surface area (Å²) in [6.45, 7) is 1.96. The third-order valence-electron chi connectivity index (χ3n) is 4.05. The van der Waals surface area contributed by atoms with Crippen LogP contribution in [-0.4, -0.2) is 27.2 Å². The Morgan fingerprint density at radius 2 is 1.95 bits per heavy atom. The first-order valence-corrected chi connectivity index (χ1v) is 6.91. The van der Waals surface area contributed by atoms with Gasteiger partial charge in [-0.2, -0.15) is 0 Å². The lowest BCUT2D eigenvalue weighted by molar-refractivity contribution is -0.145. The Morgan fingerprint density at radius 3 is 2.60 bits per heavy atom. The summed E-state index contributed by atoms with van der Waals surface area (Å²) >= 11 is 0. The SMILES string of the molecule is CC1C[C@H](C(=O)Nc2nnc(C3CC3)o2)[C@H](C(=O)O)C1. The van der Waals surface area contributed by atoms with Crippen LogP contribution in [0.15, 0.2) is 4.42 Å². The quantitative estimate of drug-likeness (QED) is 0.867. The second-order valence-corrected chi connectivity index (χ2v) is 5.84. The van der Waals surface area contributed by atoms with Gasteiger partial charge in [0.15, 0.2) is 0 Å². The molecular weight excluding hydrogens is 262 g/mol. The van der Waals surface area contributed by atoms with Crippen molar-refractivity contribution in [2.45, 2.75) is 38.5 Å². The number of hydrogen-bond donors (Lipinski definition) is 2. The summed E-state index contributed by atoms with van der Waals surface area (Å²) in [6, 6.07) is 0.0700. The minimum Gasteiger partial charge on any atom is -0.481 e. The van der Waals surface area contributed by atoms with Crippen molar-refractivity contribution >= 4 is 17.9 Å². The fourth-order valence-corrected chi connectivity index (χ4v) is 2.83. The normalized spacial score (nSPS) is 29.4. The van der Waals surface area contributed by atoms with Crippen LogP contribution in [0.5, 0.6) is 0 Å². The summed E-state index contributed by atoms with van der Waals surface area (Å²) in [6.07, 6.45) is 3.19. The minimum absolute atomic E-state index is 0.0700. The second kappa shape index (κ2) is 4.88. The molecule has 2 N–H and O–H groups in total. The molecule has 7 nitrogen and oxygen atoms in total. The van der Waals surface area contributed by atoms with Gasteiger partial charge in [0.05, 0.1) is 11.8 Å². The van der Waals surface area contributed by atoms with Crippen LogP contribution in [0.4, 0.5) is 6.01 Å². The van der Waals surface area contributed by atoms with Crippen LogP contribution in [0, 0.1) is 17.8 Å². The minimum atomic E-state index is -0.918. The van der Waals surface area contributed by atoms with Crippen LogP contribution < -0.4 is 5.32 Å². The lowest BCUT2D eigenvalue weighted by atomic mass is 9.95. The summed E-state index contributed by atoms with van der Waals surface area (Å²) in [5.74, 6) is -1.31. The third-order valence-corrected chi connectivity index (χ3v) is 4.05. The monoisotopic (exact) mass is 279 g/mol. The lowest BCUT2D eigenvalue weighted by Gasteiger charge is -2.13. The Morgan fingerprint density at radius 1 is 1.25 bits per heavy atom. The van der Waals surface area contributed by atoms with Gasteiger partial charge in [0, 0.05) is 5.92 Å². The van der Waals surface area contributed by atoms with Crippen LogP contribution in [0.1, 0.15) is 44.4 Å². The van der Waals surface area contributed by atoms with Gasteiger partial charge in [0.25, 0.3) is 0 Å². The van der Waals surface area contributed by atoms with Gasteiger partial charge in [-0.15, -0.1) is 5.10 Å². The molecule has 0 saturated heterocycles. The number of aliphatic carboxylic acids is 1. The third kappa shape index (κ3) is 2.52. The van der Waals surface area contributed by atoms with Crippen molar-refractivity contribution in [2.24, 2.45) is 17.8 Å². The average molecular weight is 279 g/mol. The predicted molar refractivity (Wildman–Crippen MR) is 67.9 cm³/mol. The maximum atomic E-state index is 12.2. The maximum Gasteiger partial charge on any atom is 0.322 e. The maximum absolute atomic E-state index is 12.2. The van der Waals surface area contributed by atoms with Crippen LogP contribution in [-0.2, 0) is 9.59 Å². The fourth-order valence-electron chi connectivity index (χ4n) is 2.83. The van der Waals surface area contributed by atoms with Crippen molar-refractivity contribution in [1.29, 1.82) is 0 Å². The van der Waals surface area contributed by atoms with Gasteiger partial charge < -0.3 is 9.52 Å². The standard InChI is InChI=1S/C13H17N3O4/c1-6-4-8(9(5-6)12(18)19)10(17)14-13-16-15-11(20-13)7-2-3-7/h6-9H,2-5H2,1H3,(H,18,19)(H,14,16,17)/t6?,8-,9+/m0/s1. The van der Waals surface area contributed by atoms with Crippen molar-refractivity contribution in [3.05, 3.63) is 5.89 Å². The molecule has 20 heavy (non-hydrogen) atoms. The highest BCUT2D eigenvalue weighted by molar-refractivity contribution is 5.93. The highest BCUT2D eigenvalue weighted by Crippen LogP contribution is 2.40. The number of rotatable bonds is 4. The summed E-state index contributed by atoms with van der Waals surface area (Å²) < 4.78 is 5.36. The number of amides is 1. The van der Waals surface area contributed by atoms with E-state index < -0.39 is 17.8 Å². The molecule has 3 rings (SSSR count). The van der Waals surface area contributed by atoms with Gasteiger partial charge in [0.1, 0.15) is 0 Å². The molecule has 1 aromatic rings. The van der Waals surface area contributed by atoms with E-state index in [4.69, 9.17) is 4.42 Å². The Kier molecular flexibility index (Phi) is 3.19. The average Bonchev–Trinajstić information content (AvgIpc) is 3.01. The molecule has 2 fully saturated rings. The van der Waals surface area contributed by atoms with Crippen molar-refractivity contribution in [2.75, 3.05) is 5.32 Å². The topological polar surface area (TPSA) is 105 Å². The van der Waals surface area contributed by atoms with E-state index in [9.17, 15) is 14.7 Å². The van der Waals surface area contributed by atoms with Crippen LogP contribution in [0.2, 0.25) is 0 Å². The summed E-state index contributed by atoms with van der Waals surface area (Å²) in [5.41, 5.74) is 0. The predicted octanol–water partition coefficient (Wildman–Crippen LogP) is 1.63. The molecule has 1 heterocycles. The van der Waals surface area contributed by atoms with E-state index in [2.05, 4.69) is 15.5 Å². The van der Waals surface area contributed by atoms with E-state index in [1.807, 2.05) is 6.92 Å². The lowest BCUT2D eigenvalue weighted by Crippen LogP contribution is -2.30. The van der Waals surface area contributed by atoms with E-state index in [1.54, 1.807) is 0 Å². The number of carbonyl (C=O) groups excluding carboxylic acids is 1. The molecule has 2 aliphatic rings. The van der Waals surface area contributed by atoms with E-state index in [0.717, 1.165) is 12.8 Å². The number of hydrogen-bond acceptors (Lipinski definition) is 5. The molecule has 1 unspecified atom stereocenters. The van der Waals surface area contributed by atoms with E-state index in [1.165, 1.54) is 0 Å². The molecule has 0 aromatic carbocycles. The molecule has 0 radical (unpaired) electrons. The first-order valence-electron chi connectivity index (χ1n) is 6.91. The molecule has 1 amide bonds. The molecule has 0 bridgehead atoms. The highest BCUT2D eigenvalue weighted by atomic mass is 16.4. The van der Waals surface area contributed by atoms with Gasteiger partial charge in [-0.05, 0) is 31.6 Å². The number of anilines is 1. The number of carbonyl (C=O) groups is 2. The van der Waals surface area contributed by atoms with Gasteiger partial charge in [-0.1, -0.05) is 12.0 Å². The highest BCUT2D eigenvalue weighted by Gasteiger charge is 2.41. The van der Waals surface area contributed by atoms with Crippen molar-refractivity contribution in [1.82, 2.24) is 10.2 Å². The van der Waals surface area contributed by atoms with E-state index >= 15 is 0 Å². The van der Waals surface area contributed by atoms with Crippen LogP contribution in [0.3, 0.4) is 0 Å². The van der Waals surface area contributed by atoms with Gasteiger partial charge in [-0.25, -0.2) is 0 Å². The van der Waals surface area contributed by atoms with Crippen LogP contribution in [0.25, 0.3) is 0 Å². The first kappa shape index (κ1) is 13.1. The number of nitrogens with zero attached hydrogens (tertiary/aromatic N) is 2. The number of nitrogens with one attached hydrogen (secondary N) is 1. The Labute approximate surface area is 115 Å². The molecule has 0 aliphatic heterocycles. The Balaban J connectivity index is 1.66. The number of carboxylic acid groups (broad SMARTS) is 1. The second-order valence-electron chi connectivity index (χ2n) is 5.84. The Bertz CT molecular complexity index is 537. The van der Waals surface area contributed by atoms with Gasteiger partial charge >= 0.3 is 12.0 Å². The molecule has 108 valence electrons. The van der Waals surface area contributed by atoms with Crippen molar-refractivity contribution in [3.8, 4) is 0 Å². The van der Waals surface area contributed by atoms with Crippen molar-refractivity contribution < 1.29 is 19.1 Å². The van der Waals surface area contributed by atoms with E-state index in [-0.39, 0.29) is 17.8 Å². The molecule has 1 aromatic heterocycles. The summed E-state index contributed by atoms with van der Waals surface area (Å²) in [7, 11) is 0. The Hall–Kier alpha value is -1.92. The molecule has 0 spiro atoms. The molecule has 2 aliphatic carbocycles. The summed E-state index contributed by atoms with van der Waals surface area (Å²) in [4.78, 5) is 23.4. The molecule has 7 heteroatoms. The van der Waals surface area contributed by atoms with Gasteiger partial charge in [-0.3, -0.25) is 14.9 Å². The van der Waals surface area contributed by atoms with Gasteiger partial charge in [0.2, 0.25) is 11.8 Å². The smallest absolute Gasteiger partial charge is 0.322 e. The zero-order chi connectivity index (χ0) is 14.3. The molecule has 2 saturated carbocycles. The molecular formula is C13H17N3O4. The van der Waals surface area contributed by atoms with Crippen molar-refractivity contribution in [3.63, 3.8) is 0 Å². The largest absolute Gasteiger partial charge is 0.481 e. The fraction of sp³-hybridized carbons (Fsp3) is 0.692. The zero-order valence-electron chi connectivity index (χ0n) is 11.2. The van der Waals surface area contributed by atoms with E-state index in [0.29, 0.717) is 24.7 Å². The first-order chi connectivity index (χ1) is 9.54. The number of aromatic nitrogens is 2. The molecule has 3 atom stereocenters. The zero-order valence-corrected chi connectivity index (χ0v) is 11.2.